The van der Waals surface area contributed by atoms with Crippen molar-refractivity contribution in [2.45, 2.75) is 40.5 Å². The number of carbonyl (C=O) groups is 1. The third kappa shape index (κ3) is 4.18. The van der Waals surface area contributed by atoms with E-state index in [-0.39, 0.29) is 11.3 Å². The van der Waals surface area contributed by atoms with Crippen molar-refractivity contribution >= 4 is 5.91 Å². The molecule has 102 valence electrons. The fourth-order valence-corrected chi connectivity index (χ4v) is 1.94. The molecule has 0 saturated carbocycles. The van der Waals surface area contributed by atoms with E-state index in [0.717, 1.165) is 18.6 Å². The number of hydrogen-bond acceptors (Lipinski definition) is 3. The first-order valence-corrected chi connectivity index (χ1v) is 6.41. The summed E-state index contributed by atoms with van der Waals surface area (Å²) >= 11 is 0. The van der Waals surface area contributed by atoms with Gasteiger partial charge in [0.2, 0.25) is 0 Å². The molecule has 0 saturated heterocycles. The predicted molar refractivity (Wildman–Crippen MR) is 72.6 cm³/mol. The number of hydrogen-bond donors (Lipinski definition) is 2. The number of rotatable bonds is 6. The van der Waals surface area contributed by atoms with Crippen molar-refractivity contribution in [2.24, 2.45) is 11.1 Å². The molecule has 0 aliphatic rings. The summed E-state index contributed by atoms with van der Waals surface area (Å²) in [4.78, 5) is 12.0. The molecule has 1 aromatic rings. The van der Waals surface area contributed by atoms with E-state index in [1.807, 2.05) is 13.8 Å². The second-order valence-electron chi connectivity index (χ2n) is 5.57. The van der Waals surface area contributed by atoms with Gasteiger partial charge in [0.15, 0.2) is 0 Å². The van der Waals surface area contributed by atoms with Gasteiger partial charge in [-0.1, -0.05) is 13.8 Å². The highest BCUT2D eigenvalue weighted by Gasteiger charge is 2.20. The molecule has 0 atom stereocenters. The first-order valence-electron chi connectivity index (χ1n) is 6.41. The minimum Gasteiger partial charge on any atom is -0.466 e. The molecule has 0 aromatic carbocycles. The molecule has 0 aliphatic heterocycles. The molecule has 0 radical (unpaired) electrons. The predicted octanol–water partition coefficient (Wildman–Crippen LogP) is 2.39. The van der Waals surface area contributed by atoms with E-state index in [2.05, 4.69) is 19.2 Å². The maximum atomic E-state index is 12.0. The normalized spacial score (nSPS) is 11.6. The Kier molecular flexibility index (Phi) is 4.96. The molecule has 1 amide bonds. The Balaban J connectivity index is 2.53. The average molecular weight is 252 g/mol. The van der Waals surface area contributed by atoms with E-state index < -0.39 is 0 Å². The Hall–Kier alpha value is -1.29. The molecule has 4 nitrogen and oxygen atoms in total. The van der Waals surface area contributed by atoms with Crippen LogP contribution in [-0.2, 0) is 0 Å². The van der Waals surface area contributed by atoms with E-state index >= 15 is 0 Å². The number of carbonyl (C=O) groups excluding carboxylic acids is 1. The van der Waals surface area contributed by atoms with Gasteiger partial charge >= 0.3 is 0 Å². The lowest BCUT2D eigenvalue weighted by Gasteiger charge is -2.24. The molecule has 0 unspecified atom stereocenters. The van der Waals surface area contributed by atoms with Crippen molar-refractivity contribution in [1.82, 2.24) is 5.32 Å². The number of nitrogens with one attached hydrogen (secondary N) is 1. The van der Waals surface area contributed by atoms with Gasteiger partial charge in [-0.3, -0.25) is 4.79 Å². The van der Waals surface area contributed by atoms with Crippen molar-refractivity contribution < 1.29 is 9.21 Å². The van der Waals surface area contributed by atoms with Gasteiger partial charge < -0.3 is 15.5 Å². The van der Waals surface area contributed by atoms with Crippen molar-refractivity contribution in [3.05, 3.63) is 23.2 Å². The minimum absolute atomic E-state index is 0.0647. The highest BCUT2D eigenvalue weighted by Crippen LogP contribution is 2.21. The van der Waals surface area contributed by atoms with E-state index in [9.17, 15) is 4.79 Å². The lowest BCUT2D eigenvalue weighted by molar-refractivity contribution is 0.0933. The van der Waals surface area contributed by atoms with Crippen LogP contribution in [-0.4, -0.2) is 19.0 Å². The fraction of sp³-hybridized carbons (Fsp3) is 0.643. The molecule has 1 aromatic heterocycles. The molecule has 4 heteroatoms. The Bertz CT molecular complexity index is 408. The van der Waals surface area contributed by atoms with Crippen LogP contribution < -0.4 is 11.1 Å². The van der Waals surface area contributed by atoms with Crippen molar-refractivity contribution in [2.75, 3.05) is 13.1 Å². The first-order chi connectivity index (χ1) is 8.35. The second kappa shape index (κ2) is 6.05. The standard InChI is InChI=1S/C14H24N2O2/c1-10-8-12(11(2)18-10)13(17)16-9-14(3,4)6-5-7-15/h8H,5-7,9,15H2,1-4H3,(H,16,17). The largest absolute Gasteiger partial charge is 0.466 e. The van der Waals surface area contributed by atoms with Gasteiger partial charge in [-0.05, 0) is 44.7 Å². The van der Waals surface area contributed by atoms with Gasteiger partial charge in [0.05, 0.1) is 5.56 Å². The Morgan fingerprint density at radius 2 is 2.11 bits per heavy atom. The van der Waals surface area contributed by atoms with Crippen LogP contribution in [0.3, 0.4) is 0 Å². The quantitative estimate of drug-likeness (QED) is 0.816. The van der Waals surface area contributed by atoms with Crippen LogP contribution in [0.25, 0.3) is 0 Å². The highest BCUT2D eigenvalue weighted by molar-refractivity contribution is 5.95. The third-order valence-electron chi connectivity index (χ3n) is 3.07. The molecule has 18 heavy (non-hydrogen) atoms. The zero-order valence-electron chi connectivity index (χ0n) is 11.8. The minimum atomic E-state index is -0.0647. The Morgan fingerprint density at radius 3 is 2.61 bits per heavy atom. The average Bonchev–Trinajstić information content (AvgIpc) is 2.63. The first kappa shape index (κ1) is 14.8. The molecular formula is C14H24N2O2. The highest BCUT2D eigenvalue weighted by atomic mass is 16.3. The van der Waals surface area contributed by atoms with E-state index in [1.54, 1.807) is 6.07 Å². The number of nitrogens with two attached hydrogens (primary N) is 1. The molecule has 1 heterocycles. The van der Waals surface area contributed by atoms with Crippen molar-refractivity contribution in [3.63, 3.8) is 0 Å². The molecule has 0 fully saturated rings. The van der Waals surface area contributed by atoms with Crippen LogP contribution in [0, 0.1) is 19.3 Å². The van der Waals surface area contributed by atoms with Gasteiger partial charge in [-0.25, -0.2) is 0 Å². The van der Waals surface area contributed by atoms with Gasteiger partial charge in [-0.2, -0.15) is 0 Å². The van der Waals surface area contributed by atoms with Gasteiger partial charge in [-0.15, -0.1) is 0 Å². The summed E-state index contributed by atoms with van der Waals surface area (Å²) in [6, 6.07) is 1.78. The van der Waals surface area contributed by atoms with Crippen LogP contribution in [0.4, 0.5) is 0 Å². The van der Waals surface area contributed by atoms with Crippen molar-refractivity contribution in [1.29, 1.82) is 0 Å². The summed E-state index contributed by atoms with van der Waals surface area (Å²) in [5.74, 6) is 1.37. The van der Waals surface area contributed by atoms with Crippen LogP contribution >= 0.6 is 0 Å². The smallest absolute Gasteiger partial charge is 0.254 e. The third-order valence-corrected chi connectivity index (χ3v) is 3.07. The molecule has 0 aliphatic carbocycles. The van der Waals surface area contributed by atoms with Crippen molar-refractivity contribution in [3.8, 4) is 0 Å². The summed E-state index contributed by atoms with van der Waals surface area (Å²) in [6.45, 7) is 9.26. The summed E-state index contributed by atoms with van der Waals surface area (Å²) in [5.41, 5.74) is 6.20. The zero-order chi connectivity index (χ0) is 13.8. The zero-order valence-corrected chi connectivity index (χ0v) is 11.8. The summed E-state index contributed by atoms with van der Waals surface area (Å²) < 4.78 is 5.36. The van der Waals surface area contributed by atoms with E-state index in [4.69, 9.17) is 10.2 Å². The molecule has 3 N–H and O–H groups in total. The van der Waals surface area contributed by atoms with E-state index in [1.165, 1.54) is 0 Å². The summed E-state index contributed by atoms with van der Waals surface area (Å²) in [5, 5.41) is 2.96. The van der Waals surface area contributed by atoms with Gasteiger partial charge in [0, 0.05) is 6.54 Å². The lowest BCUT2D eigenvalue weighted by Crippen LogP contribution is -2.34. The fourth-order valence-electron chi connectivity index (χ4n) is 1.94. The number of amides is 1. The molecular weight excluding hydrogens is 228 g/mol. The Labute approximate surface area is 109 Å². The second-order valence-corrected chi connectivity index (χ2v) is 5.57. The summed E-state index contributed by atoms with van der Waals surface area (Å²) in [6.07, 6.45) is 1.99. The van der Waals surface area contributed by atoms with E-state index in [0.29, 0.717) is 24.4 Å². The molecule has 0 spiro atoms. The Morgan fingerprint density at radius 1 is 1.44 bits per heavy atom. The van der Waals surface area contributed by atoms with Crippen LogP contribution in [0.5, 0.6) is 0 Å². The van der Waals surface area contributed by atoms with Crippen LogP contribution in [0.1, 0.15) is 48.6 Å². The van der Waals surface area contributed by atoms with Crippen LogP contribution in [0.15, 0.2) is 10.5 Å². The monoisotopic (exact) mass is 252 g/mol. The number of furan rings is 1. The topological polar surface area (TPSA) is 68.3 Å². The summed E-state index contributed by atoms with van der Waals surface area (Å²) in [7, 11) is 0. The van der Waals surface area contributed by atoms with Gasteiger partial charge in [0.25, 0.3) is 5.91 Å². The molecule has 1 rings (SSSR count). The maximum absolute atomic E-state index is 12.0. The maximum Gasteiger partial charge on any atom is 0.254 e. The SMILES string of the molecule is Cc1cc(C(=O)NCC(C)(C)CCCN)c(C)o1. The molecule has 0 bridgehead atoms. The van der Waals surface area contributed by atoms with Crippen LogP contribution in [0.2, 0.25) is 0 Å². The lowest BCUT2D eigenvalue weighted by atomic mass is 9.87. The van der Waals surface area contributed by atoms with Gasteiger partial charge in [0.1, 0.15) is 11.5 Å². The number of aryl methyl sites for hydroxylation is 2.